The van der Waals surface area contributed by atoms with E-state index in [1.54, 1.807) is 43.3 Å². The zero-order valence-corrected chi connectivity index (χ0v) is 13.3. The molecule has 7 heteroatoms. The van der Waals surface area contributed by atoms with Crippen LogP contribution < -0.4 is 0 Å². The standard InChI is InChI=1S/C17H11ClN2O4/c1-10-13(3-2-4-15(10)20(22)23)16-19-14(17(21)24-16)9-11-5-7-12(18)8-6-11/h2-9H,1H3/b14-9+. The first kappa shape index (κ1) is 15.9. The molecule has 24 heavy (non-hydrogen) atoms. The van der Waals surface area contributed by atoms with Crippen LogP contribution in [-0.4, -0.2) is 16.8 Å². The Morgan fingerprint density at radius 2 is 1.92 bits per heavy atom. The predicted molar refractivity (Wildman–Crippen MR) is 89.9 cm³/mol. The van der Waals surface area contributed by atoms with E-state index in [9.17, 15) is 14.9 Å². The number of carbonyl (C=O) groups is 1. The predicted octanol–water partition coefficient (Wildman–Crippen LogP) is 3.90. The van der Waals surface area contributed by atoms with Crippen molar-refractivity contribution in [3.8, 4) is 0 Å². The van der Waals surface area contributed by atoms with Crippen LogP contribution in [0.5, 0.6) is 0 Å². The van der Waals surface area contributed by atoms with Gasteiger partial charge in [0.2, 0.25) is 5.90 Å². The van der Waals surface area contributed by atoms with Crippen LogP contribution in [0, 0.1) is 17.0 Å². The van der Waals surface area contributed by atoms with Crippen molar-refractivity contribution in [2.75, 3.05) is 0 Å². The van der Waals surface area contributed by atoms with E-state index in [4.69, 9.17) is 16.3 Å². The number of ether oxygens (including phenoxy) is 1. The molecule has 0 unspecified atom stereocenters. The van der Waals surface area contributed by atoms with Gasteiger partial charge in [0, 0.05) is 22.2 Å². The molecular formula is C17H11ClN2O4. The van der Waals surface area contributed by atoms with Crippen molar-refractivity contribution >= 4 is 35.2 Å². The van der Waals surface area contributed by atoms with Crippen molar-refractivity contribution < 1.29 is 14.5 Å². The minimum absolute atomic E-state index is 0.0543. The van der Waals surface area contributed by atoms with Gasteiger partial charge in [-0.2, -0.15) is 0 Å². The van der Waals surface area contributed by atoms with E-state index in [0.717, 1.165) is 5.56 Å². The number of halogens is 1. The monoisotopic (exact) mass is 342 g/mol. The molecule has 1 aliphatic heterocycles. The van der Waals surface area contributed by atoms with Gasteiger partial charge in [0.15, 0.2) is 5.70 Å². The highest BCUT2D eigenvalue weighted by Crippen LogP contribution is 2.26. The van der Waals surface area contributed by atoms with Crippen LogP contribution in [0.2, 0.25) is 5.02 Å². The Morgan fingerprint density at radius 3 is 2.58 bits per heavy atom. The number of benzene rings is 2. The number of hydrogen-bond donors (Lipinski definition) is 0. The summed E-state index contributed by atoms with van der Waals surface area (Å²) < 4.78 is 5.17. The summed E-state index contributed by atoms with van der Waals surface area (Å²) in [4.78, 5) is 26.7. The Kier molecular flexibility index (Phi) is 4.14. The first-order valence-electron chi connectivity index (χ1n) is 6.98. The average molecular weight is 343 g/mol. The molecule has 0 radical (unpaired) electrons. The van der Waals surface area contributed by atoms with E-state index in [1.165, 1.54) is 12.1 Å². The third kappa shape index (κ3) is 3.04. The first-order valence-corrected chi connectivity index (χ1v) is 7.36. The van der Waals surface area contributed by atoms with Crippen molar-refractivity contribution in [2.24, 2.45) is 4.99 Å². The second-order valence-corrected chi connectivity index (χ2v) is 5.53. The molecular weight excluding hydrogens is 332 g/mol. The molecule has 0 spiro atoms. The smallest absolute Gasteiger partial charge is 0.363 e. The van der Waals surface area contributed by atoms with Crippen molar-refractivity contribution in [1.82, 2.24) is 0 Å². The highest BCUT2D eigenvalue weighted by Gasteiger charge is 2.27. The number of cyclic esters (lactones) is 1. The molecule has 3 rings (SSSR count). The molecule has 0 bridgehead atoms. The maximum absolute atomic E-state index is 12.0. The summed E-state index contributed by atoms with van der Waals surface area (Å²) in [6, 6.07) is 11.4. The maximum Gasteiger partial charge on any atom is 0.363 e. The molecule has 0 saturated heterocycles. The van der Waals surface area contributed by atoms with Gasteiger partial charge in [-0.25, -0.2) is 9.79 Å². The zero-order valence-electron chi connectivity index (χ0n) is 12.5. The minimum Gasteiger partial charge on any atom is -0.402 e. The van der Waals surface area contributed by atoms with Crippen LogP contribution in [0.1, 0.15) is 16.7 Å². The number of aliphatic imine (C=N–C) groups is 1. The molecule has 0 N–H and O–H groups in total. The van der Waals surface area contributed by atoms with E-state index >= 15 is 0 Å². The molecule has 0 fully saturated rings. The summed E-state index contributed by atoms with van der Waals surface area (Å²) in [6.45, 7) is 1.59. The third-order valence-electron chi connectivity index (χ3n) is 3.53. The number of nitro benzene ring substituents is 1. The highest BCUT2D eigenvalue weighted by molar-refractivity contribution is 6.30. The van der Waals surface area contributed by atoms with Gasteiger partial charge in [-0.05, 0) is 36.8 Å². The lowest BCUT2D eigenvalue weighted by Gasteiger charge is -2.04. The number of nitrogens with zero attached hydrogens (tertiary/aromatic N) is 2. The second kappa shape index (κ2) is 6.25. The van der Waals surface area contributed by atoms with E-state index < -0.39 is 10.9 Å². The van der Waals surface area contributed by atoms with E-state index in [-0.39, 0.29) is 17.3 Å². The van der Waals surface area contributed by atoms with Crippen molar-refractivity contribution in [1.29, 1.82) is 0 Å². The van der Waals surface area contributed by atoms with Crippen molar-refractivity contribution in [2.45, 2.75) is 6.92 Å². The molecule has 1 aliphatic rings. The molecule has 120 valence electrons. The third-order valence-corrected chi connectivity index (χ3v) is 3.78. The highest BCUT2D eigenvalue weighted by atomic mass is 35.5. The van der Waals surface area contributed by atoms with E-state index in [2.05, 4.69) is 4.99 Å². The largest absolute Gasteiger partial charge is 0.402 e. The Morgan fingerprint density at radius 1 is 1.21 bits per heavy atom. The normalized spacial score (nSPS) is 15.3. The molecule has 2 aromatic carbocycles. The van der Waals surface area contributed by atoms with Crippen LogP contribution in [0.25, 0.3) is 6.08 Å². The average Bonchev–Trinajstić information content (AvgIpc) is 2.90. The quantitative estimate of drug-likeness (QED) is 0.366. The van der Waals surface area contributed by atoms with Gasteiger partial charge >= 0.3 is 5.97 Å². The molecule has 6 nitrogen and oxygen atoms in total. The van der Waals surface area contributed by atoms with Gasteiger partial charge in [-0.1, -0.05) is 29.8 Å². The lowest BCUT2D eigenvalue weighted by atomic mass is 10.1. The number of esters is 1. The summed E-state index contributed by atoms with van der Waals surface area (Å²) in [5.74, 6) is -0.549. The number of rotatable bonds is 3. The maximum atomic E-state index is 12.0. The fourth-order valence-corrected chi connectivity index (χ4v) is 2.42. The number of nitro groups is 1. The molecule has 2 aromatic rings. The summed E-state index contributed by atoms with van der Waals surface area (Å²) >= 11 is 5.82. The summed E-state index contributed by atoms with van der Waals surface area (Å²) in [7, 11) is 0. The number of hydrogen-bond acceptors (Lipinski definition) is 5. The zero-order chi connectivity index (χ0) is 17.3. The minimum atomic E-state index is -0.606. The van der Waals surface area contributed by atoms with E-state index in [0.29, 0.717) is 16.1 Å². The van der Waals surface area contributed by atoms with Gasteiger partial charge < -0.3 is 4.74 Å². The lowest BCUT2D eigenvalue weighted by Crippen LogP contribution is -2.08. The van der Waals surface area contributed by atoms with Crippen molar-refractivity contribution in [3.63, 3.8) is 0 Å². The van der Waals surface area contributed by atoms with Crippen LogP contribution >= 0.6 is 11.6 Å². The molecule has 1 heterocycles. The van der Waals surface area contributed by atoms with Gasteiger partial charge in [0.25, 0.3) is 5.69 Å². The fourth-order valence-electron chi connectivity index (χ4n) is 2.29. The summed E-state index contributed by atoms with van der Waals surface area (Å²) in [6.07, 6.45) is 1.57. The fraction of sp³-hybridized carbons (Fsp3) is 0.0588. The SMILES string of the molecule is Cc1c(C2=N/C(=C/c3ccc(Cl)cc3)C(=O)O2)cccc1[N+](=O)[O-]. The molecule has 0 atom stereocenters. The second-order valence-electron chi connectivity index (χ2n) is 5.09. The van der Waals surface area contributed by atoms with Crippen LogP contribution in [0.3, 0.4) is 0 Å². The van der Waals surface area contributed by atoms with E-state index in [1.807, 2.05) is 0 Å². The van der Waals surface area contributed by atoms with Gasteiger partial charge in [0.1, 0.15) is 0 Å². The molecule has 0 aromatic heterocycles. The Hall–Kier alpha value is -2.99. The van der Waals surface area contributed by atoms with Gasteiger partial charge in [0.05, 0.1) is 4.92 Å². The molecule has 0 aliphatic carbocycles. The van der Waals surface area contributed by atoms with Crippen LogP contribution in [-0.2, 0) is 9.53 Å². The number of carbonyl (C=O) groups excluding carboxylic acids is 1. The Bertz CT molecular complexity index is 901. The Balaban J connectivity index is 1.99. The first-order chi connectivity index (χ1) is 11.5. The lowest BCUT2D eigenvalue weighted by molar-refractivity contribution is -0.385. The van der Waals surface area contributed by atoms with Crippen LogP contribution in [0.4, 0.5) is 5.69 Å². The van der Waals surface area contributed by atoms with Crippen LogP contribution in [0.15, 0.2) is 53.2 Å². The Labute approximate surface area is 142 Å². The summed E-state index contributed by atoms with van der Waals surface area (Å²) in [5.41, 5.74) is 1.62. The van der Waals surface area contributed by atoms with Crippen molar-refractivity contribution in [3.05, 3.63) is 80.0 Å². The topological polar surface area (TPSA) is 81.8 Å². The molecule has 0 amide bonds. The summed E-state index contributed by atoms with van der Waals surface area (Å²) in [5, 5.41) is 11.6. The van der Waals surface area contributed by atoms with Gasteiger partial charge in [-0.3, -0.25) is 10.1 Å². The molecule has 0 saturated carbocycles. The van der Waals surface area contributed by atoms with Gasteiger partial charge in [-0.15, -0.1) is 0 Å².